The van der Waals surface area contributed by atoms with Gasteiger partial charge in [-0.25, -0.2) is 4.98 Å². The molecule has 1 aromatic heterocycles. The monoisotopic (exact) mass is 462 g/mol. The third-order valence-electron chi connectivity index (χ3n) is 7.15. The molecule has 2 aromatic carbocycles. The minimum Gasteiger partial charge on any atom is -0.493 e. The second kappa shape index (κ2) is 8.66. The van der Waals surface area contributed by atoms with Gasteiger partial charge >= 0.3 is 0 Å². The number of ether oxygens (including phenoxy) is 2. The highest BCUT2D eigenvalue weighted by molar-refractivity contribution is 6.01. The van der Waals surface area contributed by atoms with E-state index in [0.29, 0.717) is 23.9 Å². The van der Waals surface area contributed by atoms with Crippen LogP contribution in [0.15, 0.2) is 42.5 Å². The van der Waals surface area contributed by atoms with E-state index in [1.807, 2.05) is 54.0 Å². The first-order valence-electron chi connectivity index (χ1n) is 11.7. The van der Waals surface area contributed by atoms with Crippen LogP contribution in [-0.4, -0.2) is 52.1 Å². The van der Waals surface area contributed by atoms with Crippen LogP contribution in [0.2, 0.25) is 0 Å². The van der Waals surface area contributed by atoms with Gasteiger partial charge in [0.25, 0.3) is 5.91 Å². The zero-order valence-corrected chi connectivity index (χ0v) is 19.8. The quantitative estimate of drug-likeness (QED) is 0.606. The van der Waals surface area contributed by atoms with Crippen molar-refractivity contribution >= 4 is 22.8 Å². The lowest BCUT2D eigenvalue weighted by atomic mass is 9.93. The van der Waals surface area contributed by atoms with Crippen molar-refractivity contribution in [3.8, 4) is 11.5 Å². The molecule has 8 heteroatoms. The molecule has 0 unspecified atom stereocenters. The highest BCUT2D eigenvalue weighted by Crippen LogP contribution is 2.36. The molecule has 5 rings (SSSR count). The molecular weight excluding hydrogens is 432 g/mol. The molecule has 1 fully saturated rings. The number of aromatic nitrogens is 2. The molecule has 1 N–H and O–H groups in total. The van der Waals surface area contributed by atoms with Gasteiger partial charge in [0.1, 0.15) is 5.54 Å². The van der Waals surface area contributed by atoms with E-state index in [2.05, 4.69) is 10.3 Å². The van der Waals surface area contributed by atoms with E-state index in [0.717, 1.165) is 42.3 Å². The lowest BCUT2D eigenvalue weighted by Crippen LogP contribution is -2.64. The van der Waals surface area contributed by atoms with E-state index < -0.39 is 5.54 Å². The molecule has 2 aliphatic rings. The maximum Gasteiger partial charge on any atom is 0.291 e. The average molecular weight is 463 g/mol. The minimum atomic E-state index is -1.11. The van der Waals surface area contributed by atoms with Crippen molar-refractivity contribution in [2.75, 3.05) is 14.2 Å². The summed E-state index contributed by atoms with van der Waals surface area (Å²) in [4.78, 5) is 33.9. The smallest absolute Gasteiger partial charge is 0.291 e. The number of methoxy groups -OCH3 is 2. The predicted octanol–water partition coefficient (Wildman–Crippen LogP) is 3.53. The van der Waals surface area contributed by atoms with E-state index >= 15 is 0 Å². The number of benzene rings is 2. The van der Waals surface area contributed by atoms with Crippen molar-refractivity contribution in [3.63, 3.8) is 0 Å². The van der Waals surface area contributed by atoms with Crippen molar-refractivity contribution in [1.82, 2.24) is 19.8 Å². The Bertz CT molecular complexity index is 1250. The average Bonchev–Trinajstić information content (AvgIpc) is 3.49. The number of rotatable bonds is 6. The van der Waals surface area contributed by atoms with E-state index in [9.17, 15) is 9.59 Å². The maximum atomic E-state index is 13.9. The molecule has 34 heavy (non-hydrogen) atoms. The van der Waals surface area contributed by atoms with Gasteiger partial charge in [-0.1, -0.05) is 37.1 Å². The van der Waals surface area contributed by atoms with Gasteiger partial charge in [0.2, 0.25) is 5.91 Å². The Morgan fingerprint density at radius 1 is 1.12 bits per heavy atom. The number of carbonyl (C=O) groups is 2. The minimum absolute atomic E-state index is 0.141. The van der Waals surface area contributed by atoms with Crippen LogP contribution in [0.5, 0.6) is 11.5 Å². The zero-order valence-electron chi connectivity index (χ0n) is 19.8. The standard InChI is InChI=1S/C26H30N4O4/c1-26(25(32)27-18-10-4-5-11-18)16-29-20-13-7-6-12-19(20)28-23(29)24(31)30(26)15-17-9-8-14-21(33-2)22(17)34-3/h6-9,12-14,18H,4-5,10-11,15-16H2,1-3H3,(H,27,32)/t26-/m1/s1. The molecule has 1 saturated carbocycles. The predicted molar refractivity (Wildman–Crippen MR) is 128 cm³/mol. The summed E-state index contributed by atoms with van der Waals surface area (Å²) < 4.78 is 12.9. The number of imidazole rings is 1. The molecule has 0 saturated heterocycles. The number of carbonyl (C=O) groups excluding carboxylic acids is 2. The summed E-state index contributed by atoms with van der Waals surface area (Å²) in [6, 6.07) is 13.4. The number of nitrogens with one attached hydrogen (secondary N) is 1. The van der Waals surface area contributed by atoms with Crippen molar-refractivity contribution in [2.24, 2.45) is 0 Å². The third-order valence-corrected chi connectivity index (χ3v) is 7.15. The first-order chi connectivity index (χ1) is 16.5. The van der Waals surface area contributed by atoms with Crippen LogP contribution in [0.3, 0.4) is 0 Å². The molecule has 3 aromatic rings. The first-order valence-corrected chi connectivity index (χ1v) is 11.7. The van der Waals surface area contributed by atoms with E-state index in [1.54, 1.807) is 19.1 Å². The lowest BCUT2D eigenvalue weighted by molar-refractivity contribution is -0.133. The van der Waals surface area contributed by atoms with Gasteiger partial charge in [-0.3, -0.25) is 9.59 Å². The Kier molecular flexibility index (Phi) is 5.67. The van der Waals surface area contributed by atoms with Crippen LogP contribution in [0.25, 0.3) is 11.0 Å². The zero-order chi connectivity index (χ0) is 23.9. The molecular formula is C26H30N4O4. The van der Waals surface area contributed by atoms with Crippen LogP contribution >= 0.6 is 0 Å². The van der Waals surface area contributed by atoms with Crippen molar-refractivity contribution in [1.29, 1.82) is 0 Å². The van der Waals surface area contributed by atoms with Gasteiger partial charge in [-0.2, -0.15) is 0 Å². The Morgan fingerprint density at radius 2 is 1.88 bits per heavy atom. The van der Waals surface area contributed by atoms with E-state index in [4.69, 9.17) is 9.47 Å². The second-order valence-corrected chi connectivity index (χ2v) is 9.28. The van der Waals surface area contributed by atoms with Crippen molar-refractivity contribution in [3.05, 3.63) is 53.9 Å². The Labute approximate surface area is 198 Å². The maximum absolute atomic E-state index is 13.9. The van der Waals surface area contributed by atoms with Crippen molar-refractivity contribution in [2.45, 2.75) is 57.3 Å². The fourth-order valence-corrected chi connectivity index (χ4v) is 5.24. The summed E-state index contributed by atoms with van der Waals surface area (Å²) in [5.41, 5.74) is 1.25. The van der Waals surface area contributed by atoms with Crippen LogP contribution in [0.4, 0.5) is 0 Å². The molecule has 178 valence electrons. The number of nitrogens with zero attached hydrogens (tertiary/aromatic N) is 3. The van der Waals surface area contributed by atoms with Gasteiger partial charge in [-0.05, 0) is 38.0 Å². The number of fused-ring (bicyclic) bond motifs is 3. The Balaban J connectivity index is 1.59. The summed E-state index contributed by atoms with van der Waals surface area (Å²) in [6.07, 6.45) is 4.17. The van der Waals surface area contributed by atoms with Crippen LogP contribution in [-0.2, 0) is 17.9 Å². The fraction of sp³-hybridized carbons (Fsp3) is 0.423. The van der Waals surface area contributed by atoms with Crippen LogP contribution in [0, 0.1) is 0 Å². The molecule has 2 amide bonds. The number of para-hydroxylation sites is 3. The largest absolute Gasteiger partial charge is 0.493 e. The van der Waals surface area contributed by atoms with Gasteiger partial charge < -0.3 is 24.3 Å². The topological polar surface area (TPSA) is 85.7 Å². The van der Waals surface area contributed by atoms with Gasteiger partial charge in [0.15, 0.2) is 17.3 Å². The summed E-state index contributed by atoms with van der Waals surface area (Å²) in [5, 5.41) is 3.23. The number of hydrogen-bond donors (Lipinski definition) is 1. The molecule has 2 heterocycles. The lowest BCUT2D eigenvalue weighted by Gasteiger charge is -2.44. The normalized spacial score (nSPS) is 20.4. The van der Waals surface area contributed by atoms with Gasteiger partial charge in [0.05, 0.1) is 38.3 Å². The molecule has 0 bridgehead atoms. The molecule has 1 atom stereocenters. The van der Waals surface area contributed by atoms with Crippen LogP contribution < -0.4 is 14.8 Å². The summed E-state index contributed by atoms with van der Waals surface area (Å²) in [7, 11) is 3.15. The molecule has 0 spiro atoms. The van der Waals surface area contributed by atoms with E-state index in [1.165, 1.54) is 0 Å². The second-order valence-electron chi connectivity index (χ2n) is 9.28. The number of hydrogen-bond acceptors (Lipinski definition) is 5. The van der Waals surface area contributed by atoms with Gasteiger partial charge in [-0.15, -0.1) is 0 Å². The first kappa shape index (κ1) is 22.3. The highest BCUT2D eigenvalue weighted by Gasteiger charge is 2.49. The third kappa shape index (κ3) is 3.57. The summed E-state index contributed by atoms with van der Waals surface area (Å²) >= 11 is 0. The molecule has 8 nitrogen and oxygen atoms in total. The van der Waals surface area contributed by atoms with Crippen LogP contribution in [0.1, 0.15) is 48.8 Å². The molecule has 1 aliphatic carbocycles. The summed E-state index contributed by atoms with van der Waals surface area (Å²) in [5.74, 6) is 1.05. The number of amides is 2. The SMILES string of the molecule is COc1cccc(CN2C(=O)c3nc4ccccc4n3C[C@]2(C)C(=O)NC2CCCC2)c1OC. The highest BCUT2D eigenvalue weighted by atomic mass is 16.5. The summed E-state index contributed by atoms with van der Waals surface area (Å²) in [6.45, 7) is 2.36. The van der Waals surface area contributed by atoms with Gasteiger partial charge in [0, 0.05) is 11.6 Å². The van der Waals surface area contributed by atoms with E-state index in [-0.39, 0.29) is 24.4 Å². The molecule has 0 radical (unpaired) electrons. The fourth-order valence-electron chi connectivity index (χ4n) is 5.24. The Hall–Kier alpha value is -3.55. The molecule has 1 aliphatic heterocycles. The van der Waals surface area contributed by atoms with Crippen molar-refractivity contribution < 1.29 is 19.1 Å². The Morgan fingerprint density at radius 3 is 2.62 bits per heavy atom.